The molecule has 1 saturated carbocycles. The van der Waals surface area contributed by atoms with E-state index in [2.05, 4.69) is 22.4 Å². The van der Waals surface area contributed by atoms with Crippen LogP contribution >= 0.6 is 0 Å². The molecule has 3 aromatic rings. The second kappa shape index (κ2) is 8.42. The van der Waals surface area contributed by atoms with Crippen LogP contribution in [0.1, 0.15) is 48.7 Å². The van der Waals surface area contributed by atoms with Crippen LogP contribution in [0.15, 0.2) is 65.1 Å². The highest BCUT2D eigenvalue weighted by Gasteiger charge is 2.28. The monoisotopic (exact) mass is 374 g/mol. The van der Waals surface area contributed by atoms with Gasteiger partial charge in [-0.05, 0) is 43.4 Å². The van der Waals surface area contributed by atoms with E-state index in [0.717, 1.165) is 5.56 Å². The van der Waals surface area contributed by atoms with Crippen molar-refractivity contribution in [1.82, 2.24) is 10.3 Å². The Balaban J connectivity index is 1.49. The van der Waals surface area contributed by atoms with Crippen molar-refractivity contribution in [2.24, 2.45) is 5.92 Å². The maximum Gasteiger partial charge on any atom is 0.226 e. The smallest absolute Gasteiger partial charge is 0.226 e. The Morgan fingerprint density at radius 3 is 2.39 bits per heavy atom. The summed E-state index contributed by atoms with van der Waals surface area (Å²) >= 11 is 0. The summed E-state index contributed by atoms with van der Waals surface area (Å²) in [5, 5.41) is 3.28. The van der Waals surface area contributed by atoms with Gasteiger partial charge in [-0.3, -0.25) is 4.79 Å². The fourth-order valence-corrected chi connectivity index (χ4v) is 4.10. The van der Waals surface area contributed by atoms with Crippen LogP contribution in [0.2, 0.25) is 0 Å². The molecule has 1 amide bonds. The molecule has 0 aliphatic heterocycles. The van der Waals surface area contributed by atoms with E-state index in [1.54, 1.807) is 0 Å². The van der Waals surface area contributed by atoms with Crippen molar-refractivity contribution >= 4 is 5.91 Å². The third-order valence-electron chi connectivity index (χ3n) is 5.59. The number of nitrogens with zero attached hydrogens (tertiary/aromatic N) is 1. The summed E-state index contributed by atoms with van der Waals surface area (Å²) in [4.78, 5) is 17.4. The van der Waals surface area contributed by atoms with Gasteiger partial charge in [-0.25, -0.2) is 4.98 Å². The molecule has 4 rings (SSSR count). The van der Waals surface area contributed by atoms with E-state index < -0.39 is 0 Å². The zero-order valence-corrected chi connectivity index (χ0v) is 16.2. The maximum atomic E-state index is 12.9. The van der Waals surface area contributed by atoms with E-state index in [1.807, 2.05) is 55.5 Å². The third-order valence-corrected chi connectivity index (χ3v) is 5.59. The molecular weight excluding hydrogens is 348 g/mol. The van der Waals surface area contributed by atoms with E-state index in [1.165, 1.54) is 31.2 Å². The van der Waals surface area contributed by atoms with Crippen LogP contribution in [-0.4, -0.2) is 10.9 Å². The lowest BCUT2D eigenvalue weighted by Crippen LogP contribution is -2.34. The van der Waals surface area contributed by atoms with Gasteiger partial charge in [-0.2, -0.15) is 0 Å². The lowest BCUT2D eigenvalue weighted by atomic mass is 9.91. The second-order valence-electron chi connectivity index (χ2n) is 7.57. The molecule has 4 heteroatoms. The summed E-state index contributed by atoms with van der Waals surface area (Å²) in [6.45, 7) is 1.87. The van der Waals surface area contributed by atoms with Gasteiger partial charge in [0.05, 0.1) is 18.2 Å². The Kier molecular flexibility index (Phi) is 5.56. The molecule has 0 saturated heterocycles. The van der Waals surface area contributed by atoms with E-state index in [9.17, 15) is 4.79 Å². The molecule has 0 radical (unpaired) electrons. The highest BCUT2D eigenvalue weighted by atomic mass is 16.4. The molecule has 1 heterocycles. The highest BCUT2D eigenvalue weighted by molar-refractivity contribution is 5.79. The third kappa shape index (κ3) is 4.16. The molecule has 1 atom stereocenters. The van der Waals surface area contributed by atoms with Crippen LogP contribution in [0.3, 0.4) is 0 Å². The zero-order valence-electron chi connectivity index (χ0n) is 16.2. The largest absolute Gasteiger partial charge is 0.441 e. The zero-order chi connectivity index (χ0) is 19.3. The van der Waals surface area contributed by atoms with Gasteiger partial charge in [-0.15, -0.1) is 0 Å². The van der Waals surface area contributed by atoms with E-state index in [0.29, 0.717) is 23.3 Å². The molecule has 2 aromatic carbocycles. The van der Waals surface area contributed by atoms with E-state index in [-0.39, 0.29) is 18.4 Å². The van der Waals surface area contributed by atoms with Crippen LogP contribution in [0.25, 0.3) is 11.5 Å². The first kappa shape index (κ1) is 18.5. The molecule has 1 aliphatic carbocycles. The van der Waals surface area contributed by atoms with Gasteiger partial charge in [0, 0.05) is 5.56 Å². The second-order valence-corrected chi connectivity index (χ2v) is 7.57. The number of nitrogens with one attached hydrogen (secondary N) is 1. The molecule has 1 aliphatic rings. The van der Waals surface area contributed by atoms with Crippen molar-refractivity contribution in [2.45, 2.75) is 45.1 Å². The van der Waals surface area contributed by atoms with Crippen molar-refractivity contribution < 1.29 is 9.21 Å². The first-order valence-electron chi connectivity index (χ1n) is 10.1. The van der Waals surface area contributed by atoms with Crippen molar-refractivity contribution in [2.75, 3.05) is 0 Å². The molecule has 28 heavy (non-hydrogen) atoms. The summed E-state index contributed by atoms with van der Waals surface area (Å²) in [5.41, 5.74) is 2.81. The molecular formula is C24H26N2O2. The van der Waals surface area contributed by atoms with E-state index >= 15 is 0 Å². The molecule has 1 aromatic heterocycles. The lowest BCUT2D eigenvalue weighted by molar-refractivity contribution is -0.121. The van der Waals surface area contributed by atoms with Gasteiger partial charge in [0.2, 0.25) is 11.8 Å². The normalized spacial score (nSPS) is 15.5. The number of oxazole rings is 1. The van der Waals surface area contributed by atoms with Crippen LogP contribution in [0, 0.1) is 12.8 Å². The van der Waals surface area contributed by atoms with Crippen LogP contribution < -0.4 is 5.32 Å². The number of hydrogen-bond donors (Lipinski definition) is 1. The van der Waals surface area contributed by atoms with Gasteiger partial charge in [0.15, 0.2) is 0 Å². The molecule has 1 N–H and O–H groups in total. The number of rotatable bonds is 6. The van der Waals surface area contributed by atoms with Gasteiger partial charge >= 0.3 is 0 Å². The topological polar surface area (TPSA) is 55.1 Å². The minimum absolute atomic E-state index is 0.00300. The van der Waals surface area contributed by atoms with Crippen molar-refractivity contribution in [3.8, 4) is 11.5 Å². The molecule has 0 spiro atoms. The van der Waals surface area contributed by atoms with Gasteiger partial charge in [0.1, 0.15) is 5.76 Å². The summed E-state index contributed by atoms with van der Waals surface area (Å²) in [5.74, 6) is 1.77. The number of amides is 1. The summed E-state index contributed by atoms with van der Waals surface area (Å²) in [7, 11) is 0. The first-order valence-corrected chi connectivity index (χ1v) is 10.1. The summed E-state index contributed by atoms with van der Waals surface area (Å²) in [6.07, 6.45) is 5.06. The van der Waals surface area contributed by atoms with Gasteiger partial charge < -0.3 is 9.73 Å². The standard InChI is InChI=1S/C24H26N2O2/c1-17-21(25-24(28-17)20-14-6-3-7-15-20)16-22(27)26-23(19-12-8-9-13-19)18-10-4-2-5-11-18/h2-7,10-11,14-15,19,23H,8-9,12-13,16H2,1H3,(H,26,27). The Morgan fingerprint density at radius 2 is 1.71 bits per heavy atom. The number of hydrogen-bond acceptors (Lipinski definition) is 3. The predicted molar refractivity (Wildman–Crippen MR) is 110 cm³/mol. The minimum Gasteiger partial charge on any atom is -0.441 e. The Bertz CT molecular complexity index is 912. The molecule has 4 nitrogen and oxygen atoms in total. The Morgan fingerprint density at radius 1 is 1.07 bits per heavy atom. The first-order chi connectivity index (χ1) is 13.7. The van der Waals surface area contributed by atoms with Gasteiger partial charge in [0.25, 0.3) is 0 Å². The minimum atomic E-state index is -0.00300. The Hall–Kier alpha value is -2.88. The number of benzene rings is 2. The summed E-state index contributed by atoms with van der Waals surface area (Å²) in [6, 6.07) is 20.2. The predicted octanol–water partition coefficient (Wildman–Crippen LogP) is 5.24. The SMILES string of the molecule is Cc1oc(-c2ccccc2)nc1CC(=O)NC(c1ccccc1)C1CCCC1. The van der Waals surface area contributed by atoms with Crippen molar-refractivity contribution in [1.29, 1.82) is 0 Å². The van der Waals surface area contributed by atoms with Gasteiger partial charge in [-0.1, -0.05) is 61.4 Å². The summed E-state index contributed by atoms with van der Waals surface area (Å²) < 4.78 is 5.80. The number of carbonyl (C=O) groups excluding carboxylic acids is 1. The fourth-order valence-electron chi connectivity index (χ4n) is 4.10. The van der Waals surface area contributed by atoms with Crippen molar-refractivity contribution in [3.63, 3.8) is 0 Å². The number of aromatic nitrogens is 1. The van der Waals surface area contributed by atoms with Crippen LogP contribution in [0.5, 0.6) is 0 Å². The maximum absolute atomic E-state index is 12.9. The average Bonchev–Trinajstić information content (AvgIpc) is 3.38. The highest BCUT2D eigenvalue weighted by Crippen LogP contribution is 2.35. The lowest BCUT2D eigenvalue weighted by Gasteiger charge is -2.25. The molecule has 0 bridgehead atoms. The Labute approximate surface area is 166 Å². The fraction of sp³-hybridized carbons (Fsp3) is 0.333. The number of carbonyl (C=O) groups is 1. The van der Waals surface area contributed by atoms with Crippen LogP contribution in [0.4, 0.5) is 0 Å². The average molecular weight is 374 g/mol. The molecule has 1 fully saturated rings. The van der Waals surface area contributed by atoms with E-state index in [4.69, 9.17) is 4.42 Å². The quantitative estimate of drug-likeness (QED) is 0.642. The van der Waals surface area contributed by atoms with Crippen molar-refractivity contribution in [3.05, 3.63) is 77.7 Å². The molecule has 1 unspecified atom stereocenters. The molecule has 144 valence electrons. The van der Waals surface area contributed by atoms with Crippen LogP contribution in [-0.2, 0) is 11.2 Å². The number of aryl methyl sites for hydroxylation is 1.